The number of hydrogen-bond donors (Lipinski definition) is 0. The van der Waals surface area contributed by atoms with Crippen molar-refractivity contribution in [2.24, 2.45) is 0 Å². The molecule has 1 fully saturated rings. The van der Waals surface area contributed by atoms with Crippen molar-refractivity contribution in [3.63, 3.8) is 0 Å². The first kappa shape index (κ1) is 16.7. The molecule has 0 aromatic carbocycles. The van der Waals surface area contributed by atoms with Crippen LogP contribution in [-0.2, 0) is 11.3 Å². The summed E-state index contributed by atoms with van der Waals surface area (Å²) >= 11 is 0. The number of rotatable bonds is 4. The fourth-order valence-electron chi connectivity index (χ4n) is 3.12. The Morgan fingerprint density at radius 1 is 1.27 bits per heavy atom. The molecule has 0 unspecified atom stereocenters. The monoisotopic (exact) mass is 305 g/mol. The lowest BCUT2D eigenvalue weighted by atomic mass is 10.1. The maximum Gasteiger partial charge on any atom is 0.250 e. The van der Waals surface area contributed by atoms with Gasteiger partial charge in [0.2, 0.25) is 5.91 Å². The van der Waals surface area contributed by atoms with Crippen molar-refractivity contribution >= 4 is 5.91 Å². The minimum absolute atomic E-state index is 0.0312. The molecule has 1 atom stereocenters. The SMILES string of the molecule is Cc1cccc(=O)n1CCC(=O)N1CCC[C@@H](N(C)C)CC1. The van der Waals surface area contributed by atoms with Crippen molar-refractivity contribution in [3.05, 3.63) is 34.2 Å². The van der Waals surface area contributed by atoms with Gasteiger partial charge < -0.3 is 14.4 Å². The highest BCUT2D eigenvalue weighted by Gasteiger charge is 2.21. The quantitative estimate of drug-likeness (QED) is 0.846. The van der Waals surface area contributed by atoms with Crippen molar-refractivity contribution in [1.82, 2.24) is 14.4 Å². The second kappa shape index (κ2) is 7.58. The van der Waals surface area contributed by atoms with Crippen LogP contribution >= 0.6 is 0 Å². The van der Waals surface area contributed by atoms with Gasteiger partial charge in [0.05, 0.1) is 0 Å². The summed E-state index contributed by atoms with van der Waals surface area (Å²) in [5.74, 6) is 0.162. The minimum Gasteiger partial charge on any atom is -0.343 e. The molecule has 1 aliphatic rings. The lowest BCUT2D eigenvalue weighted by Crippen LogP contribution is -2.35. The molecule has 2 heterocycles. The van der Waals surface area contributed by atoms with Crippen LogP contribution in [0, 0.1) is 6.92 Å². The number of hydrogen-bond acceptors (Lipinski definition) is 3. The Morgan fingerprint density at radius 2 is 2.05 bits per heavy atom. The number of amides is 1. The highest BCUT2D eigenvalue weighted by molar-refractivity contribution is 5.76. The number of aryl methyl sites for hydroxylation is 1. The van der Waals surface area contributed by atoms with Crippen LogP contribution in [0.3, 0.4) is 0 Å². The van der Waals surface area contributed by atoms with E-state index in [0.717, 1.165) is 38.0 Å². The number of likely N-dealkylation sites (tertiary alicyclic amines) is 1. The summed E-state index contributed by atoms with van der Waals surface area (Å²) in [6.07, 6.45) is 3.63. The van der Waals surface area contributed by atoms with Crippen LogP contribution in [0.5, 0.6) is 0 Å². The second-order valence-corrected chi connectivity index (χ2v) is 6.34. The van der Waals surface area contributed by atoms with E-state index in [1.807, 2.05) is 17.9 Å². The summed E-state index contributed by atoms with van der Waals surface area (Å²) < 4.78 is 1.68. The third kappa shape index (κ3) is 4.19. The molecule has 1 saturated heterocycles. The van der Waals surface area contributed by atoms with Crippen LogP contribution in [0.4, 0.5) is 0 Å². The summed E-state index contributed by atoms with van der Waals surface area (Å²) in [5, 5.41) is 0. The normalized spacial score (nSPS) is 19.3. The second-order valence-electron chi connectivity index (χ2n) is 6.34. The third-order valence-corrected chi connectivity index (χ3v) is 4.60. The molecule has 1 aromatic heterocycles. The van der Waals surface area contributed by atoms with E-state index in [1.54, 1.807) is 16.7 Å². The summed E-state index contributed by atoms with van der Waals surface area (Å²) in [5.41, 5.74) is 0.875. The first-order valence-corrected chi connectivity index (χ1v) is 8.09. The Labute approximate surface area is 132 Å². The molecular formula is C17H27N3O2. The Bertz CT molecular complexity index is 565. The van der Waals surface area contributed by atoms with Crippen LogP contribution in [0.1, 0.15) is 31.4 Å². The maximum absolute atomic E-state index is 12.4. The van der Waals surface area contributed by atoms with Gasteiger partial charge in [-0.15, -0.1) is 0 Å². The smallest absolute Gasteiger partial charge is 0.250 e. The molecule has 5 nitrogen and oxygen atoms in total. The van der Waals surface area contributed by atoms with Crippen LogP contribution in [-0.4, -0.2) is 53.5 Å². The Hall–Kier alpha value is -1.62. The van der Waals surface area contributed by atoms with E-state index in [2.05, 4.69) is 19.0 Å². The van der Waals surface area contributed by atoms with Gasteiger partial charge in [-0.2, -0.15) is 0 Å². The van der Waals surface area contributed by atoms with Crippen molar-refractivity contribution < 1.29 is 4.79 Å². The molecule has 2 rings (SSSR count). The minimum atomic E-state index is -0.0312. The van der Waals surface area contributed by atoms with Crippen LogP contribution in [0.2, 0.25) is 0 Å². The number of aromatic nitrogens is 1. The average Bonchev–Trinajstić information content (AvgIpc) is 2.72. The van der Waals surface area contributed by atoms with E-state index in [-0.39, 0.29) is 11.5 Å². The maximum atomic E-state index is 12.4. The van der Waals surface area contributed by atoms with Gasteiger partial charge in [0.15, 0.2) is 0 Å². The van der Waals surface area contributed by atoms with E-state index in [4.69, 9.17) is 0 Å². The van der Waals surface area contributed by atoms with Gasteiger partial charge in [-0.3, -0.25) is 9.59 Å². The zero-order chi connectivity index (χ0) is 16.1. The highest BCUT2D eigenvalue weighted by atomic mass is 16.2. The van der Waals surface area contributed by atoms with E-state index < -0.39 is 0 Å². The van der Waals surface area contributed by atoms with Gasteiger partial charge in [0, 0.05) is 43.9 Å². The van der Waals surface area contributed by atoms with Gasteiger partial charge in [-0.25, -0.2) is 0 Å². The highest BCUT2D eigenvalue weighted by Crippen LogP contribution is 2.15. The number of nitrogens with zero attached hydrogens (tertiary/aromatic N) is 3. The predicted octanol–water partition coefficient (Wildman–Crippen LogP) is 1.49. The standard InChI is InChI=1S/C17H27N3O2/c1-14-6-4-8-17(22)20(14)13-10-16(21)19-11-5-7-15(9-12-19)18(2)3/h4,6,8,15H,5,7,9-13H2,1-3H3/t15-/m1/s1. The molecule has 22 heavy (non-hydrogen) atoms. The fraction of sp³-hybridized carbons (Fsp3) is 0.647. The van der Waals surface area contributed by atoms with Crippen molar-refractivity contribution in [3.8, 4) is 0 Å². The molecule has 0 spiro atoms. The summed E-state index contributed by atoms with van der Waals surface area (Å²) in [7, 11) is 4.21. The zero-order valence-corrected chi connectivity index (χ0v) is 13.9. The number of pyridine rings is 1. The van der Waals surface area contributed by atoms with E-state index >= 15 is 0 Å². The summed E-state index contributed by atoms with van der Waals surface area (Å²) in [6, 6.07) is 5.77. The first-order chi connectivity index (χ1) is 10.5. The van der Waals surface area contributed by atoms with Crippen molar-refractivity contribution in [2.75, 3.05) is 27.2 Å². The lowest BCUT2D eigenvalue weighted by Gasteiger charge is -2.23. The topological polar surface area (TPSA) is 45.6 Å². The summed E-state index contributed by atoms with van der Waals surface area (Å²) in [6.45, 7) is 4.04. The van der Waals surface area contributed by atoms with E-state index in [9.17, 15) is 9.59 Å². The molecule has 0 bridgehead atoms. The third-order valence-electron chi connectivity index (χ3n) is 4.60. The van der Waals surface area contributed by atoms with Gasteiger partial charge in [0.1, 0.15) is 0 Å². The molecular weight excluding hydrogens is 278 g/mol. The largest absolute Gasteiger partial charge is 0.343 e. The van der Waals surface area contributed by atoms with Crippen molar-refractivity contribution in [2.45, 2.75) is 45.2 Å². The number of carbonyl (C=O) groups is 1. The predicted molar refractivity (Wildman–Crippen MR) is 88.0 cm³/mol. The Balaban J connectivity index is 1.91. The molecule has 1 aromatic rings. The molecule has 5 heteroatoms. The van der Waals surface area contributed by atoms with Crippen LogP contribution in [0.25, 0.3) is 0 Å². The van der Waals surface area contributed by atoms with Crippen LogP contribution in [0.15, 0.2) is 23.0 Å². The van der Waals surface area contributed by atoms with Crippen molar-refractivity contribution in [1.29, 1.82) is 0 Å². The molecule has 0 aliphatic carbocycles. The molecule has 122 valence electrons. The molecule has 0 radical (unpaired) electrons. The van der Waals surface area contributed by atoms with E-state index in [0.29, 0.717) is 19.0 Å². The number of carbonyl (C=O) groups excluding carboxylic acids is 1. The van der Waals surface area contributed by atoms with Gasteiger partial charge in [-0.05, 0) is 46.3 Å². The molecule has 0 N–H and O–H groups in total. The van der Waals surface area contributed by atoms with Crippen LogP contribution < -0.4 is 5.56 Å². The van der Waals surface area contributed by atoms with E-state index in [1.165, 1.54) is 0 Å². The zero-order valence-electron chi connectivity index (χ0n) is 13.9. The fourth-order valence-corrected chi connectivity index (χ4v) is 3.12. The van der Waals surface area contributed by atoms with Gasteiger partial charge in [-0.1, -0.05) is 6.07 Å². The molecule has 1 aliphatic heterocycles. The first-order valence-electron chi connectivity index (χ1n) is 8.09. The Kier molecular flexibility index (Phi) is 5.77. The van der Waals surface area contributed by atoms with Gasteiger partial charge in [0.25, 0.3) is 5.56 Å². The molecule has 0 saturated carbocycles. The Morgan fingerprint density at radius 3 is 2.73 bits per heavy atom. The van der Waals surface area contributed by atoms with Gasteiger partial charge >= 0.3 is 0 Å². The lowest BCUT2D eigenvalue weighted by molar-refractivity contribution is -0.131. The summed E-state index contributed by atoms with van der Waals surface area (Å²) in [4.78, 5) is 28.5. The molecule has 1 amide bonds. The average molecular weight is 305 g/mol.